The zero-order valence-electron chi connectivity index (χ0n) is 10.2. The van der Waals surface area contributed by atoms with Crippen LogP contribution in [-0.2, 0) is 0 Å². The summed E-state index contributed by atoms with van der Waals surface area (Å²) in [5.74, 6) is 0.395. The third-order valence-electron chi connectivity index (χ3n) is 3.96. The van der Waals surface area contributed by atoms with Gasteiger partial charge >= 0.3 is 5.97 Å². The number of fused-ring (bicyclic) bond motifs is 3. The molecule has 0 aliphatic carbocycles. The molecule has 3 aliphatic heterocycles. The summed E-state index contributed by atoms with van der Waals surface area (Å²) in [6, 6.07) is 5.50. The fourth-order valence-electron chi connectivity index (χ4n) is 2.95. The van der Waals surface area contributed by atoms with Gasteiger partial charge in [0.05, 0.1) is 0 Å². The van der Waals surface area contributed by atoms with E-state index in [1.807, 2.05) is 6.07 Å². The Bertz CT molecular complexity index is 455. The minimum atomic E-state index is -0.979. The molecule has 2 bridgehead atoms. The molecule has 3 aliphatic rings. The van der Waals surface area contributed by atoms with Gasteiger partial charge in [0, 0.05) is 12.6 Å². The average molecular weight is 247 g/mol. The van der Waals surface area contributed by atoms with E-state index in [0.717, 1.165) is 6.54 Å². The molecular formula is C13H17N3O2. The predicted octanol–water partition coefficient (Wildman–Crippen LogP) is 1.29. The molecule has 4 rings (SSSR count). The van der Waals surface area contributed by atoms with Crippen LogP contribution in [-0.4, -0.2) is 46.6 Å². The molecule has 3 saturated heterocycles. The lowest BCUT2D eigenvalue weighted by atomic mass is 9.84. The number of pyridine rings is 1. The molecule has 0 spiro atoms. The van der Waals surface area contributed by atoms with Crippen LogP contribution in [0.25, 0.3) is 0 Å². The number of rotatable bonds is 3. The van der Waals surface area contributed by atoms with Gasteiger partial charge in [-0.1, -0.05) is 6.07 Å². The highest BCUT2D eigenvalue weighted by Gasteiger charge is 2.34. The van der Waals surface area contributed by atoms with Gasteiger partial charge in [0.1, 0.15) is 5.82 Å². The number of anilines is 1. The van der Waals surface area contributed by atoms with Crippen LogP contribution in [0.1, 0.15) is 23.3 Å². The first-order chi connectivity index (χ1) is 8.72. The van der Waals surface area contributed by atoms with Gasteiger partial charge in [-0.25, -0.2) is 9.78 Å². The lowest BCUT2D eigenvalue weighted by molar-refractivity contribution is 0.0690. The van der Waals surface area contributed by atoms with E-state index in [0.29, 0.717) is 17.8 Å². The van der Waals surface area contributed by atoms with Crippen molar-refractivity contribution in [2.75, 3.05) is 25.0 Å². The Morgan fingerprint density at radius 1 is 1.39 bits per heavy atom. The second kappa shape index (κ2) is 4.57. The van der Waals surface area contributed by atoms with Crippen molar-refractivity contribution in [1.29, 1.82) is 0 Å². The molecule has 5 nitrogen and oxygen atoms in total. The van der Waals surface area contributed by atoms with Crippen molar-refractivity contribution in [3.8, 4) is 0 Å². The van der Waals surface area contributed by atoms with Gasteiger partial charge < -0.3 is 15.3 Å². The number of aromatic nitrogens is 1. The lowest BCUT2D eigenvalue weighted by Crippen LogP contribution is -2.53. The van der Waals surface area contributed by atoms with Crippen LogP contribution in [0.2, 0.25) is 0 Å². The van der Waals surface area contributed by atoms with Crippen LogP contribution in [0.15, 0.2) is 18.2 Å². The number of aromatic carboxylic acids is 1. The maximum atomic E-state index is 10.9. The van der Waals surface area contributed by atoms with E-state index in [9.17, 15) is 4.79 Å². The number of hydrogen-bond acceptors (Lipinski definition) is 4. The highest BCUT2D eigenvalue weighted by Crippen LogP contribution is 2.29. The van der Waals surface area contributed by atoms with Gasteiger partial charge in [-0.2, -0.15) is 0 Å². The third kappa shape index (κ3) is 2.18. The first-order valence-corrected chi connectivity index (χ1v) is 6.41. The number of carbonyl (C=O) groups is 1. The van der Waals surface area contributed by atoms with Gasteiger partial charge in [0.25, 0.3) is 0 Å². The number of carboxylic acids is 1. The SMILES string of the molecule is O=C(O)c1cccc(NC2CN3CCC2CC3)n1. The van der Waals surface area contributed by atoms with Crippen molar-refractivity contribution < 1.29 is 9.90 Å². The second-order valence-corrected chi connectivity index (χ2v) is 5.10. The number of hydrogen-bond donors (Lipinski definition) is 2. The van der Waals surface area contributed by atoms with Gasteiger partial charge in [-0.3, -0.25) is 0 Å². The number of nitrogens with zero attached hydrogens (tertiary/aromatic N) is 2. The fourth-order valence-corrected chi connectivity index (χ4v) is 2.95. The van der Waals surface area contributed by atoms with E-state index < -0.39 is 5.97 Å². The Morgan fingerprint density at radius 2 is 2.17 bits per heavy atom. The van der Waals surface area contributed by atoms with Gasteiger partial charge in [0.2, 0.25) is 0 Å². The second-order valence-electron chi connectivity index (χ2n) is 5.10. The van der Waals surface area contributed by atoms with E-state index in [1.165, 1.54) is 32.0 Å². The summed E-state index contributed by atoms with van der Waals surface area (Å²) in [6.07, 6.45) is 2.46. The molecule has 1 unspecified atom stereocenters. The maximum Gasteiger partial charge on any atom is 0.354 e. The summed E-state index contributed by atoms with van der Waals surface area (Å²) in [7, 11) is 0. The third-order valence-corrected chi connectivity index (χ3v) is 3.96. The predicted molar refractivity (Wildman–Crippen MR) is 67.8 cm³/mol. The first-order valence-electron chi connectivity index (χ1n) is 6.41. The van der Waals surface area contributed by atoms with Crippen molar-refractivity contribution in [2.45, 2.75) is 18.9 Å². The van der Waals surface area contributed by atoms with Crippen molar-refractivity contribution >= 4 is 11.8 Å². The molecule has 1 aromatic heterocycles. The van der Waals surface area contributed by atoms with Crippen molar-refractivity contribution in [3.05, 3.63) is 23.9 Å². The van der Waals surface area contributed by atoms with Crippen molar-refractivity contribution in [3.63, 3.8) is 0 Å². The largest absolute Gasteiger partial charge is 0.477 e. The Labute approximate surface area is 106 Å². The Hall–Kier alpha value is -1.62. The summed E-state index contributed by atoms with van der Waals surface area (Å²) < 4.78 is 0. The van der Waals surface area contributed by atoms with Crippen LogP contribution in [0.5, 0.6) is 0 Å². The fraction of sp³-hybridized carbons (Fsp3) is 0.538. The van der Waals surface area contributed by atoms with Crippen LogP contribution in [0, 0.1) is 5.92 Å². The van der Waals surface area contributed by atoms with Crippen LogP contribution >= 0.6 is 0 Å². The molecule has 0 saturated carbocycles. The standard InChI is InChI=1S/C13H17N3O2/c17-13(18)10-2-1-3-12(14-10)15-11-8-16-6-4-9(11)5-7-16/h1-3,9,11H,4-8H2,(H,14,15)(H,17,18). The first kappa shape index (κ1) is 11.5. The molecular weight excluding hydrogens is 230 g/mol. The molecule has 96 valence electrons. The summed E-state index contributed by atoms with van der Waals surface area (Å²) in [5, 5.41) is 12.3. The highest BCUT2D eigenvalue weighted by atomic mass is 16.4. The average Bonchev–Trinajstić information content (AvgIpc) is 2.40. The Balaban J connectivity index is 1.72. The number of piperidine rings is 3. The Kier molecular flexibility index (Phi) is 2.91. The summed E-state index contributed by atoms with van der Waals surface area (Å²) in [6.45, 7) is 3.44. The van der Waals surface area contributed by atoms with Crippen molar-refractivity contribution in [1.82, 2.24) is 9.88 Å². The quantitative estimate of drug-likeness (QED) is 0.842. The topological polar surface area (TPSA) is 65.5 Å². The van der Waals surface area contributed by atoms with Crippen molar-refractivity contribution in [2.24, 2.45) is 5.92 Å². The summed E-state index contributed by atoms with van der Waals surface area (Å²) >= 11 is 0. The molecule has 18 heavy (non-hydrogen) atoms. The molecule has 2 N–H and O–H groups in total. The van der Waals surface area contributed by atoms with E-state index in [2.05, 4.69) is 15.2 Å². The molecule has 0 amide bonds. The molecule has 1 atom stereocenters. The molecule has 1 aromatic rings. The van der Waals surface area contributed by atoms with Crippen LogP contribution in [0.4, 0.5) is 5.82 Å². The molecule has 0 aromatic carbocycles. The monoisotopic (exact) mass is 247 g/mol. The Morgan fingerprint density at radius 3 is 2.78 bits per heavy atom. The molecule has 3 fully saturated rings. The maximum absolute atomic E-state index is 10.9. The zero-order chi connectivity index (χ0) is 12.5. The van der Waals surface area contributed by atoms with E-state index in [-0.39, 0.29) is 5.69 Å². The minimum absolute atomic E-state index is 0.0984. The van der Waals surface area contributed by atoms with E-state index >= 15 is 0 Å². The minimum Gasteiger partial charge on any atom is -0.477 e. The van der Waals surface area contributed by atoms with E-state index in [1.54, 1.807) is 6.07 Å². The summed E-state index contributed by atoms with van der Waals surface area (Å²) in [5.41, 5.74) is 0.0984. The zero-order valence-corrected chi connectivity index (χ0v) is 10.2. The smallest absolute Gasteiger partial charge is 0.354 e. The molecule has 5 heteroatoms. The number of nitrogens with one attached hydrogen (secondary N) is 1. The van der Waals surface area contributed by atoms with Crippen LogP contribution < -0.4 is 5.32 Å². The van der Waals surface area contributed by atoms with Crippen LogP contribution in [0.3, 0.4) is 0 Å². The van der Waals surface area contributed by atoms with Gasteiger partial charge in [-0.15, -0.1) is 0 Å². The normalized spacial score (nSPS) is 30.1. The lowest BCUT2D eigenvalue weighted by Gasteiger charge is -2.45. The summed E-state index contributed by atoms with van der Waals surface area (Å²) in [4.78, 5) is 17.5. The van der Waals surface area contributed by atoms with Gasteiger partial charge in [-0.05, 0) is 44.0 Å². The van der Waals surface area contributed by atoms with E-state index in [4.69, 9.17) is 5.11 Å². The highest BCUT2D eigenvalue weighted by molar-refractivity contribution is 5.85. The molecule has 0 radical (unpaired) electrons. The van der Waals surface area contributed by atoms with Gasteiger partial charge in [0.15, 0.2) is 5.69 Å². The number of carboxylic acid groups (broad SMARTS) is 1. The molecule has 4 heterocycles.